The minimum absolute atomic E-state index is 0.150. The van der Waals surface area contributed by atoms with E-state index in [-0.39, 0.29) is 31.1 Å². The number of ether oxygens (including phenoxy) is 4. The average molecular weight is 303 g/mol. The highest BCUT2D eigenvalue weighted by molar-refractivity contribution is 5.76. The van der Waals surface area contributed by atoms with E-state index in [9.17, 15) is 9.90 Å². The van der Waals surface area contributed by atoms with Crippen molar-refractivity contribution >= 4 is 5.91 Å². The van der Waals surface area contributed by atoms with Gasteiger partial charge in [0.25, 0.3) is 0 Å². The van der Waals surface area contributed by atoms with Crippen LogP contribution in [-0.2, 0) is 23.7 Å². The molecule has 7 nitrogen and oxygen atoms in total. The Balaban J connectivity index is 1.90. The molecule has 2 fully saturated rings. The smallest absolute Gasteiger partial charge is 0.222 e. The quantitative estimate of drug-likeness (QED) is 0.727. The van der Waals surface area contributed by atoms with E-state index in [4.69, 9.17) is 18.9 Å². The first-order valence-corrected chi connectivity index (χ1v) is 7.35. The molecule has 2 N–H and O–H groups in total. The van der Waals surface area contributed by atoms with Gasteiger partial charge in [-0.3, -0.25) is 4.79 Å². The van der Waals surface area contributed by atoms with Gasteiger partial charge in [-0.15, -0.1) is 0 Å². The SMILES string of the molecule is CCC(O)CNC(=O)C[C@@H]1O[C@@H](OC)[C@@H]2OC(C)(C)O[C@@H]21. The first-order valence-electron chi connectivity index (χ1n) is 7.35. The van der Waals surface area contributed by atoms with Gasteiger partial charge in [-0.2, -0.15) is 0 Å². The lowest BCUT2D eigenvalue weighted by molar-refractivity contribution is -0.227. The summed E-state index contributed by atoms with van der Waals surface area (Å²) in [5.41, 5.74) is 0. The van der Waals surface area contributed by atoms with Crippen molar-refractivity contribution in [1.29, 1.82) is 0 Å². The Morgan fingerprint density at radius 2 is 2.05 bits per heavy atom. The van der Waals surface area contributed by atoms with Gasteiger partial charge in [-0.25, -0.2) is 0 Å². The van der Waals surface area contributed by atoms with Crippen molar-refractivity contribution in [3.8, 4) is 0 Å². The van der Waals surface area contributed by atoms with E-state index in [0.717, 1.165) is 0 Å². The number of methoxy groups -OCH3 is 1. The van der Waals surface area contributed by atoms with Crippen molar-refractivity contribution in [2.24, 2.45) is 0 Å². The summed E-state index contributed by atoms with van der Waals surface area (Å²) in [5, 5.41) is 12.1. The van der Waals surface area contributed by atoms with E-state index in [1.54, 1.807) is 0 Å². The van der Waals surface area contributed by atoms with Crippen LogP contribution in [0, 0.1) is 0 Å². The van der Waals surface area contributed by atoms with Gasteiger partial charge >= 0.3 is 0 Å². The lowest BCUT2D eigenvalue weighted by atomic mass is 10.1. The Labute approximate surface area is 124 Å². The van der Waals surface area contributed by atoms with Gasteiger partial charge in [0.15, 0.2) is 12.1 Å². The predicted molar refractivity (Wildman–Crippen MR) is 73.4 cm³/mol. The van der Waals surface area contributed by atoms with Crippen LogP contribution in [-0.4, -0.2) is 61.2 Å². The molecule has 122 valence electrons. The van der Waals surface area contributed by atoms with Crippen LogP contribution >= 0.6 is 0 Å². The van der Waals surface area contributed by atoms with Crippen LogP contribution in [0.4, 0.5) is 0 Å². The molecule has 0 bridgehead atoms. The number of hydrogen-bond acceptors (Lipinski definition) is 6. The van der Waals surface area contributed by atoms with E-state index < -0.39 is 24.3 Å². The number of aliphatic hydroxyl groups is 1. The summed E-state index contributed by atoms with van der Waals surface area (Å²) in [6.45, 7) is 5.75. The Bertz CT molecular complexity index is 374. The van der Waals surface area contributed by atoms with Gasteiger partial charge in [-0.05, 0) is 20.3 Å². The average Bonchev–Trinajstić information content (AvgIpc) is 2.90. The molecule has 0 aliphatic carbocycles. The Morgan fingerprint density at radius 1 is 1.38 bits per heavy atom. The molecule has 0 saturated carbocycles. The highest BCUT2D eigenvalue weighted by Crippen LogP contribution is 2.39. The van der Waals surface area contributed by atoms with Crippen LogP contribution in [0.3, 0.4) is 0 Å². The zero-order valence-electron chi connectivity index (χ0n) is 13.0. The van der Waals surface area contributed by atoms with Crippen LogP contribution in [0.25, 0.3) is 0 Å². The lowest BCUT2D eigenvalue weighted by Gasteiger charge is -2.23. The second-order valence-electron chi connectivity index (χ2n) is 5.91. The lowest BCUT2D eigenvalue weighted by Crippen LogP contribution is -2.37. The number of carbonyl (C=O) groups is 1. The highest BCUT2D eigenvalue weighted by Gasteiger charge is 2.55. The van der Waals surface area contributed by atoms with Crippen LogP contribution in [0.15, 0.2) is 0 Å². The summed E-state index contributed by atoms with van der Waals surface area (Å²) in [5.74, 6) is -0.889. The highest BCUT2D eigenvalue weighted by atomic mass is 16.8. The van der Waals surface area contributed by atoms with E-state index >= 15 is 0 Å². The standard InChI is InChI=1S/C14H25NO6/c1-5-8(16)7-15-10(17)6-9-11-12(13(18-4)19-9)21-14(2,3)20-11/h8-9,11-13,16H,5-7H2,1-4H3,(H,15,17)/t8?,9-,11+,12+,13+/m0/s1. The number of aliphatic hydroxyl groups excluding tert-OH is 1. The van der Waals surface area contributed by atoms with E-state index in [1.165, 1.54) is 7.11 Å². The fraction of sp³-hybridized carbons (Fsp3) is 0.929. The first-order chi connectivity index (χ1) is 9.86. The van der Waals surface area contributed by atoms with Crippen LogP contribution < -0.4 is 5.32 Å². The maximum Gasteiger partial charge on any atom is 0.222 e. The fourth-order valence-electron chi connectivity index (χ4n) is 2.63. The Hall–Kier alpha value is -0.730. The molecule has 5 atom stereocenters. The zero-order valence-corrected chi connectivity index (χ0v) is 13.0. The molecular weight excluding hydrogens is 278 g/mol. The van der Waals surface area contributed by atoms with Gasteiger partial charge in [-0.1, -0.05) is 6.92 Å². The summed E-state index contributed by atoms with van der Waals surface area (Å²) < 4.78 is 22.5. The molecule has 0 radical (unpaired) electrons. The molecule has 2 aliphatic heterocycles. The summed E-state index contributed by atoms with van der Waals surface area (Å²) in [6, 6.07) is 0. The molecule has 0 aromatic carbocycles. The number of hydrogen-bond donors (Lipinski definition) is 2. The molecule has 2 saturated heterocycles. The number of amides is 1. The summed E-state index contributed by atoms with van der Waals surface area (Å²) in [7, 11) is 1.54. The van der Waals surface area contributed by atoms with Gasteiger partial charge < -0.3 is 29.4 Å². The summed E-state index contributed by atoms with van der Waals surface area (Å²) >= 11 is 0. The molecule has 1 unspecified atom stereocenters. The molecule has 1 amide bonds. The molecule has 2 heterocycles. The summed E-state index contributed by atoms with van der Waals surface area (Å²) in [6.07, 6.45) is -1.38. The molecule has 21 heavy (non-hydrogen) atoms. The number of fused-ring (bicyclic) bond motifs is 1. The normalized spacial score (nSPS) is 35.5. The van der Waals surface area contributed by atoms with Gasteiger partial charge in [0, 0.05) is 13.7 Å². The van der Waals surface area contributed by atoms with Crippen LogP contribution in [0.1, 0.15) is 33.6 Å². The summed E-state index contributed by atoms with van der Waals surface area (Å²) in [4.78, 5) is 11.9. The molecule has 0 spiro atoms. The van der Waals surface area contributed by atoms with Crippen molar-refractivity contribution in [1.82, 2.24) is 5.32 Å². The Kier molecular flexibility index (Phi) is 5.21. The topological polar surface area (TPSA) is 86.3 Å². The molecule has 2 rings (SSSR count). The minimum Gasteiger partial charge on any atom is -0.391 e. The van der Waals surface area contributed by atoms with Crippen molar-refractivity contribution < 1.29 is 28.8 Å². The van der Waals surface area contributed by atoms with Gasteiger partial charge in [0.2, 0.25) is 5.91 Å². The van der Waals surface area contributed by atoms with E-state index in [2.05, 4.69) is 5.32 Å². The van der Waals surface area contributed by atoms with Crippen LogP contribution in [0.2, 0.25) is 0 Å². The number of rotatable bonds is 6. The molecule has 2 aliphatic rings. The second-order valence-corrected chi connectivity index (χ2v) is 5.91. The Morgan fingerprint density at radius 3 is 2.67 bits per heavy atom. The number of nitrogens with one attached hydrogen (secondary N) is 1. The van der Waals surface area contributed by atoms with Crippen molar-refractivity contribution in [3.05, 3.63) is 0 Å². The zero-order chi connectivity index (χ0) is 15.6. The van der Waals surface area contributed by atoms with E-state index in [0.29, 0.717) is 6.42 Å². The van der Waals surface area contributed by atoms with Crippen molar-refractivity contribution in [2.75, 3.05) is 13.7 Å². The van der Waals surface area contributed by atoms with Crippen LogP contribution in [0.5, 0.6) is 0 Å². The van der Waals surface area contributed by atoms with E-state index in [1.807, 2.05) is 20.8 Å². The largest absolute Gasteiger partial charge is 0.391 e. The molecule has 0 aromatic rings. The van der Waals surface area contributed by atoms with Crippen molar-refractivity contribution in [2.45, 2.75) is 70.1 Å². The number of carbonyl (C=O) groups excluding carboxylic acids is 1. The molecule has 7 heteroatoms. The monoisotopic (exact) mass is 303 g/mol. The third kappa shape index (κ3) is 3.92. The fourth-order valence-corrected chi connectivity index (χ4v) is 2.63. The first kappa shape index (κ1) is 16.6. The van der Waals surface area contributed by atoms with Gasteiger partial charge in [0.05, 0.1) is 18.6 Å². The minimum atomic E-state index is -0.705. The van der Waals surface area contributed by atoms with Crippen molar-refractivity contribution in [3.63, 3.8) is 0 Å². The second kappa shape index (κ2) is 6.58. The maximum absolute atomic E-state index is 11.9. The van der Waals surface area contributed by atoms with Gasteiger partial charge in [0.1, 0.15) is 12.2 Å². The third-order valence-electron chi connectivity index (χ3n) is 3.73. The maximum atomic E-state index is 11.9. The molecular formula is C14H25NO6. The predicted octanol–water partition coefficient (Wildman–Crippen LogP) is 0.155. The molecule has 0 aromatic heterocycles. The third-order valence-corrected chi connectivity index (χ3v) is 3.73.